The normalized spacial score (nSPS) is 17.8. The van der Waals surface area contributed by atoms with E-state index in [-0.39, 0.29) is 17.7 Å². The predicted molar refractivity (Wildman–Crippen MR) is 115 cm³/mol. The van der Waals surface area contributed by atoms with Crippen molar-refractivity contribution in [1.29, 1.82) is 0 Å². The van der Waals surface area contributed by atoms with Crippen molar-refractivity contribution in [2.45, 2.75) is 39.5 Å². The Bertz CT molecular complexity index is 922. The first kappa shape index (κ1) is 20.0. The molecule has 2 heterocycles. The highest BCUT2D eigenvalue weighted by atomic mass is 35.5. The fourth-order valence-corrected chi connectivity index (χ4v) is 4.91. The van der Waals surface area contributed by atoms with Crippen LogP contribution in [0.15, 0.2) is 30.3 Å². The van der Waals surface area contributed by atoms with Crippen LogP contribution in [0.4, 0.5) is 0 Å². The molecule has 0 N–H and O–H groups in total. The zero-order valence-corrected chi connectivity index (χ0v) is 17.9. The minimum absolute atomic E-state index is 0.0411. The van der Waals surface area contributed by atoms with E-state index in [0.29, 0.717) is 31.2 Å². The summed E-state index contributed by atoms with van der Waals surface area (Å²) in [7, 11) is 0. The van der Waals surface area contributed by atoms with E-state index in [1.54, 1.807) is 0 Å². The zero-order valence-electron chi connectivity index (χ0n) is 17.2. The number of aromatic nitrogens is 1. The second-order valence-corrected chi connectivity index (χ2v) is 8.64. The van der Waals surface area contributed by atoms with Crippen molar-refractivity contribution < 1.29 is 9.59 Å². The number of carbonyl (C=O) groups is 2. The molecule has 1 aliphatic heterocycles. The first-order valence-corrected chi connectivity index (χ1v) is 10.9. The molecule has 1 aromatic heterocycles. The van der Waals surface area contributed by atoms with E-state index < -0.39 is 0 Å². The van der Waals surface area contributed by atoms with Crippen molar-refractivity contribution in [2.24, 2.45) is 5.92 Å². The topological polar surface area (TPSA) is 45.6 Å². The molecule has 0 spiro atoms. The van der Waals surface area contributed by atoms with Crippen LogP contribution in [0, 0.1) is 19.8 Å². The molecular weight excluding hydrogens is 386 g/mol. The Balaban J connectivity index is 1.47. The number of hydrogen-bond acceptors (Lipinski definition) is 2. The second-order valence-electron chi connectivity index (χ2n) is 8.20. The highest BCUT2D eigenvalue weighted by Crippen LogP contribution is 2.28. The van der Waals surface area contributed by atoms with E-state index in [2.05, 4.69) is 4.57 Å². The SMILES string of the molecule is Cc1cc(C(=O)N2CCN(C(=O)C3CCCC3)CC2)c(C)n1-c1cccc(Cl)c1. The van der Waals surface area contributed by atoms with Crippen molar-refractivity contribution in [2.75, 3.05) is 26.2 Å². The Morgan fingerprint density at radius 3 is 2.28 bits per heavy atom. The van der Waals surface area contributed by atoms with Crippen molar-refractivity contribution in [3.05, 3.63) is 52.3 Å². The quantitative estimate of drug-likeness (QED) is 0.756. The van der Waals surface area contributed by atoms with Crippen LogP contribution in [0.1, 0.15) is 47.4 Å². The molecule has 0 atom stereocenters. The van der Waals surface area contributed by atoms with Crippen LogP contribution in [-0.2, 0) is 4.79 Å². The maximum absolute atomic E-state index is 13.2. The molecular formula is C23H28ClN3O2. The highest BCUT2D eigenvalue weighted by Gasteiger charge is 2.31. The second kappa shape index (κ2) is 8.23. The smallest absolute Gasteiger partial charge is 0.255 e. The fourth-order valence-electron chi connectivity index (χ4n) is 4.72. The van der Waals surface area contributed by atoms with Crippen molar-refractivity contribution in [3.8, 4) is 5.69 Å². The van der Waals surface area contributed by atoms with E-state index in [9.17, 15) is 9.59 Å². The van der Waals surface area contributed by atoms with Gasteiger partial charge in [-0.05, 0) is 51.0 Å². The predicted octanol–water partition coefficient (Wildman–Crippen LogP) is 4.22. The molecule has 2 amide bonds. The number of benzene rings is 1. The third kappa shape index (κ3) is 3.93. The number of nitrogens with zero attached hydrogens (tertiary/aromatic N) is 3. The molecule has 1 saturated carbocycles. The molecule has 1 aromatic carbocycles. The molecule has 1 saturated heterocycles. The van der Waals surface area contributed by atoms with Crippen molar-refractivity contribution in [1.82, 2.24) is 14.4 Å². The minimum Gasteiger partial charge on any atom is -0.339 e. The molecule has 5 nitrogen and oxygen atoms in total. The van der Waals surface area contributed by atoms with Crippen LogP contribution < -0.4 is 0 Å². The molecule has 2 fully saturated rings. The Morgan fingerprint density at radius 2 is 1.62 bits per heavy atom. The van der Waals surface area contributed by atoms with Gasteiger partial charge in [0.25, 0.3) is 5.91 Å². The summed E-state index contributed by atoms with van der Waals surface area (Å²) in [5, 5.41) is 0.672. The summed E-state index contributed by atoms with van der Waals surface area (Å²) < 4.78 is 2.07. The molecule has 4 rings (SSSR count). The molecule has 2 aromatic rings. The van der Waals surface area contributed by atoms with Gasteiger partial charge in [0.1, 0.15) is 0 Å². The molecule has 6 heteroatoms. The van der Waals surface area contributed by atoms with Gasteiger partial charge in [0.15, 0.2) is 0 Å². The average Bonchev–Trinajstić information content (AvgIpc) is 3.35. The molecule has 154 valence electrons. The summed E-state index contributed by atoms with van der Waals surface area (Å²) in [5.41, 5.74) is 3.60. The molecule has 1 aliphatic carbocycles. The Morgan fingerprint density at radius 1 is 0.966 bits per heavy atom. The standard InChI is InChI=1S/C23H28ClN3O2/c1-16-14-21(17(2)27(16)20-9-5-8-19(24)15-20)23(29)26-12-10-25(11-13-26)22(28)18-6-3-4-7-18/h5,8-9,14-15,18H,3-4,6-7,10-13H2,1-2H3. The van der Waals surface area contributed by atoms with E-state index in [4.69, 9.17) is 11.6 Å². The third-order valence-corrected chi connectivity index (χ3v) is 6.55. The maximum Gasteiger partial charge on any atom is 0.255 e. The summed E-state index contributed by atoms with van der Waals surface area (Å²) in [5.74, 6) is 0.530. The van der Waals surface area contributed by atoms with Gasteiger partial charge in [0.2, 0.25) is 5.91 Å². The van der Waals surface area contributed by atoms with E-state index in [1.807, 2.05) is 54.0 Å². The highest BCUT2D eigenvalue weighted by molar-refractivity contribution is 6.30. The van der Waals surface area contributed by atoms with Crippen LogP contribution in [-0.4, -0.2) is 52.4 Å². The lowest BCUT2D eigenvalue weighted by Crippen LogP contribution is -2.51. The lowest BCUT2D eigenvalue weighted by molar-refractivity contribution is -0.136. The molecule has 0 bridgehead atoms. The largest absolute Gasteiger partial charge is 0.339 e. The van der Waals surface area contributed by atoms with Crippen LogP contribution in [0.5, 0.6) is 0 Å². The Kier molecular flexibility index (Phi) is 5.68. The monoisotopic (exact) mass is 413 g/mol. The van der Waals surface area contributed by atoms with Crippen molar-refractivity contribution in [3.63, 3.8) is 0 Å². The summed E-state index contributed by atoms with van der Waals surface area (Å²) in [6.45, 7) is 6.43. The maximum atomic E-state index is 13.2. The summed E-state index contributed by atoms with van der Waals surface area (Å²) in [6.07, 6.45) is 4.37. The van der Waals surface area contributed by atoms with Gasteiger partial charge in [0, 0.05) is 54.2 Å². The van der Waals surface area contributed by atoms with Crippen LogP contribution in [0.2, 0.25) is 5.02 Å². The number of piperazine rings is 1. The summed E-state index contributed by atoms with van der Waals surface area (Å²) in [4.78, 5) is 29.7. The fraction of sp³-hybridized carbons (Fsp3) is 0.478. The van der Waals surface area contributed by atoms with Gasteiger partial charge in [-0.2, -0.15) is 0 Å². The first-order valence-electron chi connectivity index (χ1n) is 10.5. The molecule has 29 heavy (non-hydrogen) atoms. The van der Waals surface area contributed by atoms with Gasteiger partial charge < -0.3 is 14.4 Å². The number of hydrogen-bond donors (Lipinski definition) is 0. The summed E-state index contributed by atoms with van der Waals surface area (Å²) in [6, 6.07) is 9.61. The molecule has 0 unspecified atom stereocenters. The van der Waals surface area contributed by atoms with Crippen LogP contribution >= 0.6 is 11.6 Å². The first-order chi connectivity index (χ1) is 14.0. The Labute approximate surface area is 177 Å². The van der Waals surface area contributed by atoms with Gasteiger partial charge in [-0.3, -0.25) is 9.59 Å². The van der Waals surface area contributed by atoms with Crippen molar-refractivity contribution >= 4 is 23.4 Å². The van der Waals surface area contributed by atoms with Gasteiger partial charge in [-0.15, -0.1) is 0 Å². The van der Waals surface area contributed by atoms with Gasteiger partial charge in [-0.1, -0.05) is 30.5 Å². The Hall–Kier alpha value is -2.27. The van der Waals surface area contributed by atoms with Gasteiger partial charge >= 0.3 is 0 Å². The van der Waals surface area contributed by atoms with E-state index >= 15 is 0 Å². The third-order valence-electron chi connectivity index (χ3n) is 6.31. The van der Waals surface area contributed by atoms with Gasteiger partial charge in [-0.25, -0.2) is 0 Å². The lowest BCUT2D eigenvalue weighted by atomic mass is 10.1. The van der Waals surface area contributed by atoms with Crippen LogP contribution in [0.25, 0.3) is 5.69 Å². The molecule has 2 aliphatic rings. The zero-order chi connectivity index (χ0) is 20.5. The number of aryl methyl sites for hydroxylation is 1. The van der Waals surface area contributed by atoms with E-state index in [0.717, 1.165) is 48.3 Å². The average molecular weight is 414 g/mol. The summed E-state index contributed by atoms with van der Waals surface area (Å²) >= 11 is 6.16. The number of carbonyl (C=O) groups excluding carboxylic acids is 2. The minimum atomic E-state index is 0.0411. The van der Waals surface area contributed by atoms with Gasteiger partial charge in [0.05, 0.1) is 5.56 Å². The number of rotatable bonds is 3. The number of amides is 2. The van der Waals surface area contributed by atoms with Crippen LogP contribution in [0.3, 0.4) is 0 Å². The van der Waals surface area contributed by atoms with E-state index in [1.165, 1.54) is 0 Å². The lowest BCUT2D eigenvalue weighted by Gasteiger charge is -2.36. The molecule has 0 radical (unpaired) electrons. The number of halogens is 1.